The number of rotatable bonds is 6. The van der Waals surface area contributed by atoms with Crippen LogP contribution < -0.4 is 4.90 Å². The predicted octanol–water partition coefficient (Wildman–Crippen LogP) is 1.17. The number of hydrogen-bond donors (Lipinski definition) is 2. The maximum atomic E-state index is 10.9. The summed E-state index contributed by atoms with van der Waals surface area (Å²) in [4.78, 5) is 31.3. The van der Waals surface area contributed by atoms with Crippen LogP contribution in [0.2, 0.25) is 0 Å². The highest BCUT2D eigenvalue weighted by molar-refractivity contribution is 5.92. The van der Waals surface area contributed by atoms with Gasteiger partial charge in [0.05, 0.1) is 5.52 Å². The molecule has 0 atom stereocenters. The normalized spacial score (nSPS) is 10.5. The molecule has 0 saturated carbocycles. The van der Waals surface area contributed by atoms with Crippen LogP contribution in [0.1, 0.15) is 12.5 Å². The Kier molecular flexibility index (Phi) is 4.32. The van der Waals surface area contributed by atoms with Gasteiger partial charge in [-0.15, -0.1) is 0 Å². The highest BCUT2D eigenvalue weighted by Gasteiger charge is 2.18. The first kappa shape index (κ1) is 14.7. The summed E-state index contributed by atoms with van der Waals surface area (Å²) in [7, 11) is 0. The molecule has 2 N–H and O–H groups in total. The Bertz CT molecular complexity index is 671. The molecule has 0 amide bonds. The zero-order valence-electron chi connectivity index (χ0n) is 11.5. The molecule has 1 heterocycles. The maximum absolute atomic E-state index is 10.9. The fourth-order valence-corrected chi connectivity index (χ4v) is 2.09. The van der Waals surface area contributed by atoms with E-state index in [1.165, 1.54) is 11.2 Å². The summed E-state index contributed by atoms with van der Waals surface area (Å²) in [6, 6.07) is 5.61. The van der Waals surface area contributed by atoms with Gasteiger partial charge in [0, 0.05) is 5.39 Å². The molecule has 0 spiro atoms. The van der Waals surface area contributed by atoms with E-state index in [1.54, 1.807) is 0 Å². The minimum absolute atomic E-state index is 0.320. The van der Waals surface area contributed by atoms with E-state index in [2.05, 4.69) is 9.97 Å². The summed E-state index contributed by atoms with van der Waals surface area (Å²) < 4.78 is 0. The average Bonchev–Trinajstić information content (AvgIpc) is 2.44. The van der Waals surface area contributed by atoms with Crippen molar-refractivity contribution in [1.29, 1.82) is 0 Å². The quantitative estimate of drug-likeness (QED) is 0.822. The van der Waals surface area contributed by atoms with Crippen LogP contribution in [0.5, 0.6) is 0 Å². The van der Waals surface area contributed by atoms with Crippen LogP contribution in [0, 0.1) is 0 Å². The molecule has 0 aliphatic rings. The number of hydrogen-bond acceptors (Lipinski definition) is 5. The van der Waals surface area contributed by atoms with Gasteiger partial charge in [-0.1, -0.05) is 13.0 Å². The monoisotopic (exact) mass is 289 g/mol. The minimum atomic E-state index is -1.12. The second kappa shape index (κ2) is 6.17. The number of anilines is 1. The van der Waals surface area contributed by atoms with Crippen LogP contribution in [-0.4, -0.2) is 45.2 Å². The molecule has 1 aromatic carbocycles. The van der Waals surface area contributed by atoms with Crippen molar-refractivity contribution < 1.29 is 19.8 Å². The van der Waals surface area contributed by atoms with Gasteiger partial charge in [0.25, 0.3) is 0 Å². The second-order valence-electron chi connectivity index (χ2n) is 4.55. The van der Waals surface area contributed by atoms with Gasteiger partial charge in [-0.05, 0) is 24.1 Å². The van der Waals surface area contributed by atoms with Gasteiger partial charge < -0.3 is 15.1 Å². The zero-order chi connectivity index (χ0) is 15.4. The van der Waals surface area contributed by atoms with Crippen LogP contribution in [0.3, 0.4) is 0 Å². The fraction of sp³-hybridized carbons (Fsp3) is 0.286. The number of carboxylic acid groups (broad SMARTS) is 2. The molecule has 2 aromatic rings. The van der Waals surface area contributed by atoms with Crippen LogP contribution in [0.4, 0.5) is 5.82 Å². The molecular formula is C14H15N3O4. The Morgan fingerprint density at radius 1 is 1.14 bits per heavy atom. The van der Waals surface area contributed by atoms with E-state index in [-0.39, 0.29) is 0 Å². The summed E-state index contributed by atoms with van der Waals surface area (Å²) in [6.45, 7) is 1.13. The Morgan fingerprint density at radius 3 is 2.38 bits per heavy atom. The number of fused-ring (bicyclic) bond motifs is 1. The summed E-state index contributed by atoms with van der Waals surface area (Å²) in [6.07, 6.45) is 2.11. The van der Waals surface area contributed by atoms with E-state index in [4.69, 9.17) is 10.2 Å². The van der Waals surface area contributed by atoms with E-state index >= 15 is 0 Å². The highest BCUT2D eigenvalue weighted by Crippen LogP contribution is 2.24. The number of aliphatic carboxylic acids is 2. The number of aromatic nitrogens is 2. The molecule has 0 fully saturated rings. The van der Waals surface area contributed by atoms with Gasteiger partial charge in [0.15, 0.2) is 0 Å². The summed E-state index contributed by atoms with van der Waals surface area (Å²) in [5.41, 5.74) is 1.70. The van der Waals surface area contributed by atoms with Crippen LogP contribution in [0.15, 0.2) is 24.5 Å². The molecule has 0 saturated heterocycles. The third-order valence-corrected chi connectivity index (χ3v) is 3.04. The molecule has 1 aromatic heterocycles. The van der Waals surface area contributed by atoms with E-state index < -0.39 is 25.0 Å². The van der Waals surface area contributed by atoms with E-state index in [1.807, 2.05) is 25.1 Å². The van der Waals surface area contributed by atoms with E-state index in [0.29, 0.717) is 16.7 Å². The summed E-state index contributed by atoms with van der Waals surface area (Å²) >= 11 is 0. The lowest BCUT2D eigenvalue weighted by molar-refractivity contribution is -0.136. The zero-order valence-corrected chi connectivity index (χ0v) is 11.5. The topological polar surface area (TPSA) is 104 Å². The summed E-state index contributed by atoms with van der Waals surface area (Å²) in [5, 5.41) is 18.6. The molecular weight excluding hydrogens is 274 g/mol. The molecule has 7 heteroatoms. The van der Waals surface area contributed by atoms with Crippen LogP contribution in [0.25, 0.3) is 10.9 Å². The number of nitrogens with zero attached hydrogens (tertiary/aromatic N) is 3. The molecule has 0 unspecified atom stereocenters. The van der Waals surface area contributed by atoms with Gasteiger partial charge in [0.2, 0.25) is 0 Å². The van der Waals surface area contributed by atoms with Gasteiger partial charge in [-0.25, -0.2) is 9.97 Å². The van der Waals surface area contributed by atoms with Gasteiger partial charge >= 0.3 is 11.9 Å². The first-order valence-electron chi connectivity index (χ1n) is 6.43. The lowest BCUT2D eigenvalue weighted by Gasteiger charge is -2.20. The number of benzene rings is 1. The molecule has 0 radical (unpaired) electrons. The van der Waals surface area contributed by atoms with Crippen molar-refractivity contribution in [3.63, 3.8) is 0 Å². The molecule has 0 aliphatic carbocycles. The third kappa shape index (κ3) is 3.44. The SMILES string of the molecule is CCc1ccc2ncnc(N(CC(=O)O)CC(=O)O)c2c1. The first-order valence-corrected chi connectivity index (χ1v) is 6.43. The Labute approximate surface area is 120 Å². The fourth-order valence-electron chi connectivity index (χ4n) is 2.09. The molecule has 110 valence electrons. The van der Waals surface area contributed by atoms with Gasteiger partial charge in [-0.3, -0.25) is 9.59 Å². The smallest absolute Gasteiger partial charge is 0.323 e. The van der Waals surface area contributed by atoms with Crippen molar-refractivity contribution in [2.45, 2.75) is 13.3 Å². The Morgan fingerprint density at radius 2 is 1.81 bits per heavy atom. The molecule has 0 bridgehead atoms. The molecule has 0 aliphatic heterocycles. The minimum Gasteiger partial charge on any atom is -0.480 e. The third-order valence-electron chi connectivity index (χ3n) is 3.04. The highest BCUT2D eigenvalue weighted by atomic mass is 16.4. The van der Waals surface area contributed by atoms with Gasteiger partial charge in [-0.2, -0.15) is 0 Å². The van der Waals surface area contributed by atoms with Crippen molar-refractivity contribution in [3.8, 4) is 0 Å². The predicted molar refractivity (Wildman–Crippen MR) is 76.4 cm³/mol. The maximum Gasteiger partial charge on any atom is 0.323 e. The molecule has 21 heavy (non-hydrogen) atoms. The van der Waals surface area contributed by atoms with Crippen molar-refractivity contribution in [2.75, 3.05) is 18.0 Å². The Balaban J connectivity index is 2.54. The number of aryl methyl sites for hydroxylation is 1. The lowest BCUT2D eigenvalue weighted by atomic mass is 10.1. The Hall–Kier alpha value is -2.70. The number of carboxylic acids is 2. The van der Waals surface area contributed by atoms with E-state index in [9.17, 15) is 9.59 Å². The van der Waals surface area contributed by atoms with E-state index in [0.717, 1.165) is 12.0 Å². The largest absolute Gasteiger partial charge is 0.480 e. The van der Waals surface area contributed by atoms with Crippen molar-refractivity contribution in [1.82, 2.24) is 9.97 Å². The average molecular weight is 289 g/mol. The van der Waals surface area contributed by atoms with Crippen molar-refractivity contribution in [2.24, 2.45) is 0 Å². The van der Waals surface area contributed by atoms with Crippen LogP contribution in [-0.2, 0) is 16.0 Å². The van der Waals surface area contributed by atoms with Crippen molar-refractivity contribution in [3.05, 3.63) is 30.1 Å². The van der Waals surface area contributed by atoms with Crippen LogP contribution >= 0.6 is 0 Å². The van der Waals surface area contributed by atoms with Gasteiger partial charge in [0.1, 0.15) is 25.2 Å². The molecule has 7 nitrogen and oxygen atoms in total. The number of carbonyl (C=O) groups is 2. The first-order chi connectivity index (χ1) is 10.0. The second-order valence-corrected chi connectivity index (χ2v) is 4.55. The lowest BCUT2D eigenvalue weighted by Crippen LogP contribution is -2.35. The molecule has 2 rings (SSSR count). The van der Waals surface area contributed by atoms with Crippen molar-refractivity contribution >= 4 is 28.7 Å². The standard InChI is InChI=1S/C14H15N3O4/c1-2-9-3-4-11-10(5-9)14(16-8-15-11)17(6-12(18)19)7-13(20)21/h3-5,8H,2,6-7H2,1H3,(H,18,19)(H,20,21). The summed E-state index contributed by atoms with van der Waals surface area (Å²) in [5.74, 6) is -1.91.